The number of para-hydroxylation sites is 2. The van der Waals surface area contributed by atoms with Crippen molar-refractivity contribution in [1.82, 2.24) is 4.57 Å². The molecule has 0 spiro atoms. The van der Waals surface area contributed by atoms with Gasteiger partial charge in [-0.1, -0.05) is 155 Å². The van der Waals surface area contributed by atoms with Crippen LogP contribution in [0.2, 0.25) is 0 Å². The van der Waals surface area contributed by atoms with Gasteiger partial charge in [-0.25, -0.2) is 0 Å². The Labute approximate surface area is 343 Å². The van der Waals surface area contributed by atoms with Crippen LogP contribution in [0.3, 0.4) is 0 Å². The molecule has 8 aromatic carbocycles. The van der Waals surface area contributed by atoms with E-state index in [1.54, 1.807) is 0 Å². The minimum atomic E-state index is -0.145. The van der Waals surface area contributed by atoms with Crippen LogP contribution in [-0.4, -0.2) is 4.57 Å². The van der Waals surface area contributed by atoms with Gasteiger partial charge in [-0.15, -0.1) is 0 Å². The number of hydrogen-bond acceptors (Lipinski definition) is 1. The second-order valence-corrected chi connectivity index (χ2v) is 16.9. The Kier molecular flexibility index (Phi) is 7.11. The molecule has 0 unspecified atom stereocenters. The van der Waals surface area contributed by atoms with Gasteiger partial charge in [0.1, 0.15) is 0 Å². The van der Waals surface area contributed by atoms with Crippen LogP contribution in [0.25, 0.3) is 61.9 Å². The van der Waals surface area contributed by atoms with Gasteiger partial charge in [0.2, 0.25) is 0 Å². The molecule has 0 radical (unpaired) electrons. The van der Waals surface area contributed by atoms with Crippen molar-refractivity contribution >= 4 is 51.0 Å². The number of rotatable bonds is 6. The molecule has 278 valence electrons. The molecule has 1 heterocycles. The molecular weight excluding hydrogens is 701 g/mol. The maximum absolute atomic E-state index is 9.33. The molecule has 1 aromatic heterocycles. The van der Waals surface area contributed by atoms with Gasteiger partial charge in [0.05, 0.1) is 13.8 Å². The van der Waals surface area contributed by atoms with Crippen molar-refractivity contribution in [2.24, 2.45) is 0 Å². The Morgan fingerprint density at radius 3 is 1.53 bits per heavy atom. The predicted octanol–water partition coefficient (Wildman–Crippen LogP) is 15.0. The largest absolute Gasteiger partial charge is 0.310 e. The van der Waals surface area contributed by atoms with Crippen molar-refractivity contribution in [2.75, 3.05) is 4.90 Å². The number of aromatic nitrogens is 1. The maximum Gasteiger partial charge on any atom is 0.0629 e. The third kappa shape index (κ3) is 5.18. The van der Waals surface area contributed by atoms with Gasteiger partial charge < -0.3 is 9.47 Å². The molecule has 2 heteroatoms. The first-order valence-electron chi connectivity index (χ1n) is 21.3. The van der Waals surface area contributed by atoms with Gasteiger partial charge in [-0.2, -0.15) is 0 Å². The smallest absolute Gasteiger partial charge is 0.0629 e. The number of anilines is 3. The van der Waals surface area contributed by atoms with E-state index in [4.69, 9.17) is 0 Å². The molecule has 11 rings (SSSR count). The summed E-state index contributed by atoms with van der Waals surface area (Å²) in [5.41, 5.74) is 18.1. The summed E-state index contributed by atoms with van der Waals surface area (Å²) in [6, 6.07) is 64.9. The van der Waals surface area contributed by atoms with E-state index in [0.717, 1.165) is 50.1 Å². The molecule has 0 amide bonds. The van der Waals surface area contributed by atoms with Crippen molar-refractivity contribution in [2.45, 2.75) is 38.5 Å². The quantitative estimate of drug-likeness (QED) is 0.154. The summed E-state index contributed by atoms with van der Waals surface area (Å²) in [6.45, 7) is 9.31. The highest BCUT2D eigenvalue weighted by molar-refractivity contribution is 6.10. The first kappa shape index (κ1) is 32.2. The summed E-state index contributed by atoms with van der Waals surface area (Å²) in [6.07, 6.45) is 0. The Morgan fingerprint density at radius 1 is 0.414 bits per heavy atom. The molecule has 58 heavy (non-hydrogen) atoms. The van der Waals surface area contributed by atoms with Crippen molar-refractivity contribution in [3.63, 3.8) is 0 Å². The second-order valence-electron chi connectivity index (χ2n) is 16.9. The lowest BCUT2D eigenvalue weighted by molar-refractivity contribution is 0.660. The summed E-state index contributed by atoms with van der Waals surface area (Å²) in [5.74, 6) is 0. The Balaban J connectivity index is 1.01. The van der Waals surface area contributed by atoms with E-state index < -0.39 is 0 Å². The zero-order chi connectivity index (χ0) is 40.9. The lowest BCUT2D eigenvalue weighted by Crippen LogP contribution is -2.18. The number of benzene rings is 8. The van der Waals surface area contributed by atoms with E-state index in [2.05, 4.69) is 195 Å². The standard InChI is InChI=1S/C56H44N2/c1-55(2)49-19-11-8-16-43(49)45-31-29-41(35-51(45)55)57(42-30-32-46-44-17-9-12-20-50(44)56(3,4)52(46)36-42)40-27-24-37(25-28-40)22-23-38-26-33-54-48(34-38)47-18-10-13-21-53(47)58(54)39-14-6-5-7-15-39/h5-36H,1-4H3/b23-22+/i22D,23D. The number of nitrogens with zero attached hydrogens (tertiary/aromatic N) is 2. The highest BCUT2D eigenvalue weighted by atomic mass is 15.1. The van der Waals surface area contributed by atoms with Crippen LogP contribution >= 0.6 is 0 Å². The third-order valence-electron chi connectivity index (χ3n) is 12.8. The monoisotopic (exact) mass is 746 g/mol. The molecule has 9 aromatic rings. The molecule has 2 nitrogen and oxygen atoms in total. The molecule has 2 aliphatic rings. The van der Waals surface area contributed by atoms with Crippen LogP contribution in [0.5, 0.6) is 0 Å². The van der Waals surface area contributed by atoms with Crippen molar-refractivity contribution in [1.29, 1.82) is 0 Å². The molecule has 2 aliphatic carbocycles. The van der Waals surface area contributed by atoms with Gasteiger partial charge in [-0.05, 0) is 122 Å². The fourth-order valence-electron chi connectivity index (χ4n) is 9.85. The Hall–Kier alpha value is -6.90. The van der Waals surface area contributed by atoms with E-state index in [0.29, 0.717) is 5.56 Å². The minimum absolute atomic E-state index is 0.145. The maximum atomic E-state index is 9.33. The van der Waals surface area contributed by atoms with Crippen LogP contribution in [0, 0.1) is 0 Å². The lowest BCUT2D eigenvalue weighted by atomic mass is 9.82. The van der Waals surface area contributed by atoms with Crippen molar-refractivity contribution in [3.05, 3.63) is 215 Å². The van der Waals surface area contributed by atoms with Crippen LogP contribution < -0.4 is 4.90 Å². The van der Waals surface area contributed by atoms with Crippen LogP contribution in [0.1, 0.15) is 63.8 Å². The normalized spacial score (nSPS) is 15.2. The predicted molar refractivity (Wildman–Crippen MR) is 246 cm³/mol. The summed E-state index contributed by atoms with van der Waals surface area (Å²) >= 11 is 0. The fraction of sp³-hybridized carbons (Fsp3) is 0.107. The molecule has 0 fully saturated rings. The average Bonchev–Trinajstić information content (AvgIpc) is 3.83. The summed E-state index contributed by atoms with van der Waals surface area (Å²) in [5, 5.41) is 2.19. The fourth-order valence-corrected chi connectivity index (χ4v) is 9.85. The van der Waals surface area contributed by atoms with Gasteiger partial charge in [-0.3, -0.25) is 0 Å². The first-order valence-corrected chi connectivity index (χ1v) is 20.3. The average molecular weight is 747 g/mol. The summed E-state index contributed by atoms with van der Waals surface area (Å²) in [4.78, 5) is 2.36. The van der Waals surface area contributed by atoms with Crippen LogP contribution in [0.4, 0.5) is 17.1 Å². The molecule has 0 bridgehead atoms. The van der Waals surface area contributed by atoms with Gasteiger partial charge >= 0.3 is 0 Å². The van der Waals surface area contributed by atoms with Crippen molar-refractivity contribution < 1.29 is 2.74 Å². The highest BCUT2D eigenvalue weighted by Gasteiger charge is 2.37. The zero-order valence-corrected chi connectivity index (χ0v) is 33.2. The number of hydrogen-bond donors (Lipinski definition) is 0. The SMILES string of the molecule is [2H]/C(=C(/[2H])c1ccc2c(c1)c1ccccc1n2-c1ccccc1)c1ccc(N(c2ccc3c(c2)C(C)(C)c2ccccc2-3)c2ccc3c(c2)C(C)(C)c2ccccc2-3)cc1. The van der Waals surface area contributed by atoms with E-state index in [1.165, 1.54) is 44.5 Å². The molecular formula is C56H44N2. The first-order chi connectivity index (χ1) is 29.1. The molecule has 0 aliphatic heterocycles. The van der Waals surface area contributed by atoms with Gasteiger partial charge in [0.25, 0.3) is 0 Å². The van der Waals surface area contributed by atoms with Crippen molar-refractivity contribution in [3.8, 4) is 27.9 Å². The molecule has 0 saturated carbocycles. The highest BCUT2D eigenvalue weighted by Crippen LogP contribution is 2.53. The summed E-state index contributed by atoms with van der Waals surface area (Å²) in [7, 11) is 0. The summed E-state index contributed by atoms with van der Waals surface area (Å²) < 4.78 is 20.9. The molecule has 0 saturated heterocycles. The Bertz CT molecular complexity index is 3120. The molecule has 0 N–H and O–H groups in total. The van der Waals surface area contributed by atoms with Gasteiger partial charge in [0.15, 0.2) is 0 Å². The zero-order valence-electron chi connectivity index (χ0n) is 35.2. The Morgan fingerprint density at radius 2 is 0.897 bits per heavy atom. The topological polar surface area (TPSA) is 8.17 Å². The minimum Gasteiger partial charge on any atom is -0.310 e. The van der Waals surface area contributed by atoms with E-state index in [9.17, 15) is 2.74 Å². The van der Waals surface area contributed by atoms with Crippen LogP contribution in [-0.2, 0) is 10.8 Å². The van der Waals surface area contributed by atoms with Crippen LogP contribution in [0.15, 0.2) is 182 Å². The van der Waals surface area contributed by atoms with Gasteiger partial charge in [0, 0.05) is 44.4 Å². The third-order valence-corrected chi connectivity index (χ3v) is 12.8. The lowest BCUT2D eigenvalue weighted by Gasteiger charge is -2.29. The second kappa shape index (κ2) is 12.8. The van der Waals surface area contributed by atoms with E-state index in [1.807, 2.05) is 24.3 Å². The molecule has 0 atom stereocenters. The van der Waals surface area contributed by atoms with E-state index >= 15 is 0 Å². The van der Waals surface area contributed by atoms with E-state index in [-0.39, 0.29) is 22.9 Å². The number of fused-ring (bicyclic) bond motifs is 9.